The molecular formula is C19H15Cl2N3O2. The largest absolute Gasteiger partial charge is 0.495 e. The van der Waals surface area contributed by atoms with E-state index in [-0.39, 0.29) is 0 Å². The zero-order chi connectivity index (χ0) is 18.4. The highest BCUT2D eigenvalue weighted by Crippen LogP contribution is 2.47. The standard InChI is InChI=1S/C19H15Cl2N3O2/c1-10-6-13-11(9-23-10)7-12(19-22-4-5-24(13)19)16-17(20)14(25-2)8-15(26-3)18(16)21/h4-9H,1-3H3. The lowest BCUT2D eigenvalue weighted by molar-refractivity contribution is 0.395. The van der Waals surface area contributed by atoms with Crippen molar-refractivity contribution < 1.29 is 9.47 Å². The van der Waals surface area contributed by atoms with Crippen LogP contribution in [0, 0.1) is 6.92 Å². The van der Waals surface area contributed by atoms with Crippen molar-refractivity contribution in [3.63, 3.8) is 0 Å². The topological polar surface area (TPSA) is 48.7 Å². The van der Waals surface area contributed by atoms with Crippen LogP contribution in [0.3, 0.4) is 0 Å². The number of rotatable bonds is 3. The maximum atomic E-state index is 6.60. The summed E-state index contributed by atoms with van der Waals surface area (Å²) in [5, 5.41) is 1.76. The molecule has 0 saturated heterocycles. The molecule has 0 aliphatic heterocycles. The summed E-state index contributed by atoms with van der Waals surface area (Å²) < 4.78 is 12.8. The molecule has 1 aromatic carbocycles. The smallest absolute Gasteiger partial charge is 0.145 e. The number of pyridine rings is 2. The number of halogens is 2. The highest BCUT2D eigenvalue weighted by atomic mass is 35.5. The Morgan fingerprint density at radius 2 is 1.65 bits per heavy atom. The molecule has 4 rings (SSSR count). The molecule has 3 heterocycles. The van der Waals surface area contributed by atoms with Crippen molar-refractivity contribution in [3.8, 4) is 22.6 Å². The molecule has 0 bridgehead atoms. The van der Waals surface area contributed by atoms with Gasteiger partial charge in [0.2, 0.25) is 0 Å². The van der Waals surface area contributed by atoms with Gasteiger partial charge in [-0.3, -0.25) is 9.38 Å². The average molecular weight is 388 g/mol. The molecule has 0 atom stereocenters. The van der Waals surface area contributed by atoms with Crippen molar-refractivity contribution in [2.75, 3.05) is 14.2 Å². The van der Waals surface area contributed by atoms with E-state index in [2.05, 4.69) is 9.97 Å². The van der Waals surface area contributed by atoms with Crippen molar-refractivity contribution in [3.05, 3.63) is 52.5 Å². The van der Waals surface area contributed by atoms with E-state index in [1.807, 2.05) is 35.9 Å². The van der Waals surface area contributed by atoms with Crippen LogP contribution in [0.4, 0.5) is 0 Å². The number of hydrogen-bond acceptors (Lipinski definition) is 4. The first-order valence-corrected chi connectivity index (χ1v) is 8.63. The lowest BCUT2D eigenvalue weighted by Gasteiger charge is -2.16. The summed E-state index contributed by atoms with van der Waals surface area (Å²) in [6.45, 7) is 1.96. The number of aromatic nitrogens is 3. The number of ether oxygens (including phenoxy) is 2. The van der Waals surface area contributed by atoms with Gasteiger partial charge in [0.15, 0.2) is 0 Å². The monoisotopic (exact) mass is 387 g/mol. The molecular weight excluding hydrogens is 373 g/mol. The van der Waals surface area contributed by atoms with Crippen LogP contribution in [-0.4, -0.2) is 28.6 Å². The predicted octanol–water partition coefficient (Wildman–Crippen LogP) is 5.18. The molecule has 0 spiro atoms. The second-order valence-corrected chi connectivity index (χ2v) is 6.60. The Morgan fingerprint density at radius 1 is 0.962 bits per heavy atom. The van der Waals surface area contributed by atoms with E-state index in [4.69, 9.17) is 32.7 Å². The van der Waals surface area contributed by atoms with Crippen LogP contribution >= 0.6 is 23.2 Å². The normalized spacial score (nSPS) is 11.3. The summed E-state index contributed by atoms with van der Waals surface area (Å²) in [6.07, 6.45) is 5.47. The molecule has 26 heavy (non-hydrogen) atoms. The van der Waals surface area contributed by atoms with E-state index in [1.165, 1.54) is 0 Å². The summed E-state index contributed by atoms with van der Waals surface area (Å²) in [6, 6.07) is 5.67. The van der Waals surface area contributed by atoms with Gasteiger partial charge in [0.25, 0.3) is 0 Å². The minimum absolute atomic E-state index is 0.405. The van der Waals surface area contributed by atoms with E-state index in [0.717, 1.165) is 27.8 Å². The highest BCUT2D eigenvalue weighted by Gasteiger charge is 2.22. The van der Waals surface area contributed by atoms with Gasteiger partial charge in [-0.05, 0) is 19.1 Å². The quantitative estimate of drug-likeness (QED) is 0.485. The molecule has 4 aromatic rings. The number of hydrogen-bond donors (Lipinski definition) is 0. The number of methoxy groups -OCH3 is 2. The summed E-state index contributed by atoms with van der Waals surface area (Å²) >= 11 is 13.2. The maximum absolute atomic E-state index is 6.60. The third-order valence-corrected chi connectivity index (χ3v) is 5.08. The van der Waals surface area contributed by atoms with Crippen molar-refractivity contribution in [2.24, 2.45) is 0 Å². The molecule has 0 aliphatic carbocycles. The van der Waals surface area contributed by atoms with Crippen LogP contribution in [0.15, 0.2) is 36.8 Å². The van der Waals surface area contributed by atoms with Crippen LogP contribution in [-0.2, 0) is 0 Å². The van der Waals surface area contributed by atoms with E-state index < -0.39 is 0 Å². The van der Waals surface area contributed by atoms with Crippen LogP contribution in [0.5, 0.6) is 11.5 Å². The van der Waals surface area contributed by atoms with Crippen LogP contribution < -0.4 is 9.47 Å². The maximum Gasteiger partial charge on any atom is 0.145 e. The SMILES string of the molecule is COc1cc(OC)c(Cl)c(-c2cc3cnc(C)cc3n3ccnc23)c1Cl. The lowest BCUT2D eigenvalue weighted by Crippen LogP contribution is -1.97. The first-order chi connectivity index (χ1) is 12.5. The third-order valence-electron chi connectivity index (χ3n) is 4.33. The van der Waals surface area contributed by atoms with E-state index in [0.29, 0.717) is 27.1 Å². The molecule has 5 nitrogen and oxygen atoms in total. The Balaban J connectivity index is 2.15. The summed E-state index contributed by atoms with van der Waals surface area (Å²) in [5.74, 6) is 0.963. The van der Waals surface area contributed by atoms with Crippen molar-refractivity contribution in [2.45, 2.75) is 6.92 Å². The molecule has 0 fully saturated rings. The van der Waals surface area contributed by atoms with Gasteiger partial charge in [-0.1, -0.05) is 23.2 Å². The molecule has 0 N–H and O–H groups in total. The van der Waals surface area contributed by atoms with Gasteiger partial charge >= 0.3 is 0 Å². The molecule has 0 saturated carbocycles. The van der Waals surface area contributed by atoms with Gasteiger partial charge in [-0.25, -0.2) is 4.98 Å². The summed E-state index contributed by atoms with van der Waals surface area (Å²) in [5.41, 5.74) is 4.07. The van der Waals surface area contributed by atoms with Gasteiger partial charge in [0.05, 0.1) is 29.8 Å². The van der Waals surface area contributed by atoms with E-state index in [9.17, 15) is 0 Å². The van der Waals surface area contributed by atoms with Gasteiger partial charge in [-0.2, -0.15) is 0 Å². The van der Waals surface area contributed by atoms with Gasteiger partial charge in [0.1, 0.15) is 17.1 Å². The second kappa shape index (κ2) is 6.34. The fourth-order valence-corrected chi connectivity index (χ4v) is 3.80. The third kappa shape index (κ3) is 2.47. The molecule has 0 amide bonds. The van der Waals surface area contributed by atoms with Gasteiger partial charge in [-0.15, -0.1) is 0 Å². The molecule has 3 aromatic heterocycles. The van der Waals surface area contributed by atoms with Crippen molar-refractivity contribution in [1.29, 1.82) is 0 Å². The van der Waals surface area contributed by atoms with Crippen LogP contribution in [0.25, 0.3) is 27.7 Å². The van der Waals surface area contributed by atoms with E-state index >= 15 is 0 Å². The first-order valence-electron chi connectivity index (χ1n) is 7.88. The summed E-state index contributed by atoms with van der Waals surface area (Å²) in [4.78, 5) is 8.91. The Hall–Kier alpha value is -2.50. The van der Waals surface area contributed by atoms with Crippen LogP contribution in [0.2, 0.25) is 10.0 Å². The number of benzene rings is 1. The molecule has 7 heteroatoms. The van der Waals surface area contributed by atoms with E-state index in [1.54, 1.807) is 26.5 Å². The fraction of sp³-hybridized carbons (Fsp3) is 0.158. The zero-order valence-corrected chi connectivity index (χ0v) is 15.9. The molecule has 0 unspecified atom stereocenters. The number of aryl methyl sites for hydroxylation is 1. The highest BCUT2D eigenvalue weighted by molar-refractivity contribution is 6.41. The molecule has 132 valence electrons. The second-order valence-electron chi connectivity index (χ2n) is 5.85. The molecule has 0 aliphatic rings. The van der Waals surface area contributed by atoms with Crippen molar-refractivity contribution in [1.82, 2.24) is 14.4 Å². The Bertz CT molecular complexity index is 1130. The van der Waals surface area contributed by atoms with Gasteiger partial charge < -0.3 is 9.47 Å². The Labute approximate surface area is 160 Å². The fourth-order valence-electron chi connectivity index (χ4n) is 3.10. The van der Waals surface area contributed by atoms with Crippen LogP contribution in [0.1, 0.15) is 5.69 Å². The summed E-state index contributed by atoms with van der Waals surface area (Å²) in [7, 11) is 3.10. The van der Waals surface area contributed by atoms with Crippen molar-refractivity contribution >= 4 is 39.8 Å². The Kier molecular flexibility index (Phi) is 4.13. The number of nitrogens with zero attached hydrogens (tertiary/aromatic N) is 3. The average Bonchev–Trinajstić information content (AvgIpc) is 3.12. The first kappa shape index (κ1) is 16.9. The minimum Gasteiger partial charge on any atom is -0.495 e. The van der Waals surface area contributed by atoms with Gasteiger partial charge in [0, 0.05) is 46.9 Å². The number of fused-ring (bicyclic) bond motifs is 3. The molecule has 0 radical (unpaired) electrons. The zero-order valence-electron chi connectivity index (χ0n) is 14.4. The minimum atomic E-state index is 0.405. The Morgan fingerprint density at radius 3 is 2.31 bits per heavy atom. The lowest BCUT2D eigenvalue weighted by atomic mass is 10.0. The number of imidazole rings is 1. The predicted molar refractivity (Wildman–Crippen MR) is 104 cm³/mol.